The van der Waals surface area contributed by atoms with Gasteiger partial charge in [0.2, 0.25) is 0 Å². The number of nitrogens with one attached hydrogen (secondary N) is 1. The molecule has 2 rings (SSSR count). The van der Waals surface area contributed by atoms with E-state index in [4.69, 9.17) is 0 Å². The average Bonchev–Trinajstić information content (AvgIpc) is 2.53. The van der Waals surface area contributed by atoms with Crippen LogP contribution in [0.2, 0.25) is 0 Å². The number of nitrogens with zero attached hydrogens (tertiary/aromatic N) is 1. The van der Waals surface area contributed by atoms with E-state index in [1.165, 1.54) is 0 Å². The van der Waals surface area contributed by atoms with E-state index in [9.17, 15) is 8.42 Å². The summed E-state index contributed by atoms with van der Waals surface area (Å²) in [7, 11) is -2.86. The molecule has 0 aliphatic carbocycles. The lowest BCUT2D eigenvalue weighted by Crippen LogP contribution is -2.46. The van der Waals surface area contributed by atoms with Crippen molar-refractivity contribution in [2.45, 2.75) is 43.9 Å². The summed E-state index contributed by atoms with van der Waals surface area (Å²) in [6.07, 6.45) is 2.68. The maximum absolute atomic E-state index is 11.7. The Hall–Kier alpha value is -0.230. The normalized spacial score (nSPS) is 33.5. The van der Waals surface area contributed by atoms with Crippen LogP contribution in [0.15, 0.2) is 4.99 Å². The van der Waals surface area contributed by atoms with Crippen molar-refractivity contribution < 1.29 is 8.42 Å². The van der Waals surface area contributed by atoms with Gasteiger partial charge in [0, 0.05) is 11.3 Å². The zero-order chi connectivity index (χ0) is 12.5. The van der Waals surface area contributed by atoms with Gasteiger partial charge in [0.1, 0.15) is 0 Å². The molecular formula is C11H20N2O2S2. The summed E-state index contributed by atoms with van der Waals surface area (Å²) in [5.41, 5.74) is 0.0820. The molecule has 98 valence electrons. The van der Waals surface area contributed by atoms with Crippen LogP contribution in [0.4, 0.5) is 0 Å². The van der Waals surface area contributed by atoms with Crippen LogP contribution in [0.5, 0.6) is 0 Å². The second-order valence-corrected chi connectivity index (χ2v) is 8.87. The minimum Gasteiger partial charge on any atom is -0.360 e. The Morgan fingerprint density at radius 1 is 1.53 bits per heavy atom. The van der Waals surface area contributed by atoms with Gasteiger partial charge in [0.05, 0.1) is 17.5 Å². The van der Waals surface area contributed by atoms with Gasteiger partial charge in [0.25, 0.3) is 0 Å². The smallest absolute Gasteiger partial charge is 0.157 e. The highest BCUT2D eigenvalue weighted by Crippen LogP contribution is 2.23. The lowest BCUT2D eigenvalue weighted by atomic mass is 10.0. The van der Waals surface area contributed by atoms with Crippen LogP contribution >= 0.6 is 11.8 Å². The number of thioether (sulfide) groups is 1. The van der Waals surface area contributed by atoms with Gasteiger partial charge in [-0.1, -0.05) is 11.8 Å². The highest BCUT2D eigenvalue weighted by molar-refractivity contribution is 8.13. The van der Waals surface area contributed by atoms with Crippen molar-refractivity contribution in [3.8, 4) is 0 Å². The molecule has 2 aliphatic heterocycles. The Bertz CT molecular complexity index is 415. The Labute approximate surface area is 108 Å². The van der Waals surface area contributed by atoms with Crippen LogP contribution in [0.1, 0.15) is 33.1 Å². The highest BCUT2D eigenvalue weighted by Gasteiger charge is 2.31. The van der Waals surface area contributed by atoms with Crippen molar-refractivity contribution in [1.82, 2.24) is 5.32 Å². The molecule has 0 aromatic rings. The third-order valence-electron chi connectivity index (χ3n) is 3.31. The molecule has 4 nitrogen and oxygen atoms in total. The maximum Gasteiger partial charge on any atom is 0.157 e. The molecule has 0 bridgehead atoms. The molecule has 0 saturated carbocycles. The first-order valence-corrected chi connectivity index (χ1v) is 8.76. The number of hydrogen-bond donors (Lipinski definition) is 1. The van der Waals surface area contributed by atoms with Gasteiger partial charge >= 0.3 is 0 Å². The molecule has 0 aromatic carbocycles. The highest BCUT2D eigenvalue weighted by atomic mass is 32.2. The second-order valence-electron chi connectivity index (χ2n) is 5.38. The van der Waals surface area contributed by atoms with E-state index in [2.05, 4.69) is 24.2 Å². The largest absolute Gasteiger partial charge is 0.360 e. The molecule has 2 heterocycles. The van der Waals surface area contributed by atoms with Crippen LogP contribution in [-0.4, -0.2) is 42.4 Å². The molecule has 2 fully saturated rings. The van der Waals surface area contributed by atoms with E-state index in [1.807, 2.05) is 0 Å². The molecular weight excluding hydrogens is 256 g/mol. The molecule has 0 spiro atoms. The summed E-state index contributed by atoms with van der Waals surface area (Å²) >= 11 is 1.69. The number of hydrogen-bond acceptors (Lipinski definition) is 4. The lowest BCUT2D eigenvalue weighted by Gasteiger charge is -2.32. The van der Waals surface area contributed by atoms with Gasteiger partial charge in [0.15, 0.2) is 15.0 Å². The molecule has 1 N–H and O–H groups in total. The summed E-state index contributed by atoms with van der Waals surface area (Å²) in [6, 6.07) is 0. The van der Waals surface area contributed by atoms with Crippen molar-refractivity contribution in [1.29, 1.82) is 0 Å². The summed E-state index contributed by atoms with van der Waals surface area (Å²) in [5.74, 6) is 1.39. The SMILES string of the molecule is CC1(C)CCSC(=NCC2CCCS2(=O)=O)N1. The molecule has 2 aliphatic rings. The van der Waals surface area contributed by atoms with Crippen molar-refractivity contribution in [3.63, 3.8) is 0 Å². The van der Waals surface area contributed by atoms with Crippen LogP contribution in [0, 0.1) is 0 Å². The monoisotopic (exact) mass is 276 g/mol. The first kappa shape index (κ1) is 13.2. The van der Waals surface area contributed by atoms with Gasteiger partial charge < -0.3 is 5.32 Å². The fourth-order valence-electron chi connectivity index (χ4n) is 2.12. The maximum atomic E-state index is 11.7. The third-order valence-corrected chi connectivity index (χ3v) is 6.48. The Kier molecular flexibility index (Phi) is 3.73. The molecule has 2 saturated heterocycles. The molecule has 0 amide bonds. The first-order chi connectivity index (χ1) is 7.89. The minimum atomic E-state index is -2.86. The van der Waals surface area contributed by atoms with Crippen LogP contribution < -0.4 is 5.32 Å². The van der Waals surface area contributed by atoms with Gasteiger partial charge in [-0.3, -0.25) is 4.99 Å². The zero-order valence-electron chi connectivity index (χ0n) is 10.4. The molecule has 6 heteroatoms. The molecule has 1 atom stereocenters. The van der Waals surface area contributed by atoms with Crippen molar-refractivity contribution in [3.05, 3.63) is 0 Å². The molecule has 0 radical (unpaired) electrons. The Morgan fingerprint density at radius 3 is 2.88 bits per heavy atom. The predicted molar refractivity (Wildman–Crippen MR) is 73.4 cm³/mol. The van der Waals surface area contributed by atoms with E-state index in [0.717, 1.165) is 30.2 Å². The first-order valence-electron chi connectivity index (χ1n) is 6.06. The Balaban J connectivity index is 1.97. The number of rotatable bonds is 2. The third kappa shape index (κ3) is 3.37. The van der Waals surface area contributed by atoms with E-state index < -0.39 is 9.84 Å². The van der Waals surface area contributed by atoms with Gasteiger partial charge in [-0.05, 0) is 33.1 Å². The number of aliphatic imine (C=N–C) groups is 1. The van der Waals surface area contributed by atoms with Crippen molar-refractivity contribution in [2.75, 3.05) is 18.1 Å². The summed E-state index contributed by atoms with van der Waals surface area (Å²) in [4.78, 5) is 4.45. The van der Waals surface area contributed by atoms with Crippen LogP contribution in [0.25, 0.3) is 0 Å². The molecule has 17 heavy (non-hydrogen) atoms. The molecule has 1 unspecified atom stereocenters. The van der Waals surface area contributed by atoms with E-state index >= 15 is 0 Å². The van der Waals surface area contributed by atoms with E-state index in [-0.39, 0.29) is 10.8 Å². The summed E-state index contributed by atoms with van der Waals surface area (Å²) < 4.78 is 23.3. The average molecular weight is 276 g/mol. The number of amidine groups is 1. The quantitative estimate of drug-likeness (QED) is 0.829. The van der Waals surface area contributed by atoms with E-state index in [0.29, 0.717) is 12.3 Å². The fourth-order valence-corrected chi connectivity index (χ4v) is 5.17. The zero-order valence-corrected chi connectivity index (χ0v) is 12.0. The summed E-state index contributed by atoms with van der Waals surface area (Å²) in [5, 5.41) is 4.02. The summed E-state index contributed by atoms with van der Waals surface area (Å²) in [6.45, 7) is 4.72. The van der Waals surface area contributed by atoms with Crippen molar-refractivity contribution in [2.24, 2.45) is 4.99 Å². The van der Waals surface area contributed by atoms with Crippen LogP contribution in [0.3, 0.4) is 0 Å². The predicted octanol–water partition coefficient (Wildman–Crippen LogP) is 1.42. The van der Waals surface area contributed by atoms with Gasteiger partial charge in [-0.15, -0.1) is 0 Å². The van der Waals surface area contributed by atoms with Crippen LogP contribution in [-0.2, 0) is 9.84 Å². The number of sulfone groups is 1. The van der Waals surface area contributed by atoms with Crippen molar-refractivity contribution >= 4 is 26.8 Å². The minimum absolute atomic E-state index is 0.0820. The van der Waals surface area contributed by atoms with E-state index in [1.54, 1.807) is 11.8 Å². The fraction of sp³-hybridized carbons (Fsp3) is 0.909. The Morgan fingerprint density at radius 2 is 2.29 bits per heavy atom. The van der Waals surface area contributed by atoms with Gasteiger partial charge in [-0.2, -0.15) is 0 Å². The topological polar surface area (TPSA) is 58.5 Å². The molecule has 0 aromatic heterocycles. The second kappa shape index (κ2) is 4.80. The van der Waals surface area contributed by atoms with Gasteiger partial charge in [-0.25, -0.2) is 8.42 Å². The lowest BCUT2D eigenvalue weighted by molar-refractivity contribution is 0.446. The standard InChI is InChI=1S/C11H20N2O2S2/c1-11(2)5-6-16-10(13-11)12-8-9-4-3-7-17(9,14)15/h9H,3-8H2,1-2H3,(H,12,13).